The van der Waals surface area contributed by atoms with Crippen molar-refractivity contribution in [1.29, 1.82) is 0 Å². The molecule has 2 heterocycles. The fraction of sp³-hybridized carbons (Fsp3) is 0.208. The number of thiocarbonyl (C=S) groups is 1. The molecule has 4 rings (SSSR count). The predicted octanol–water partition coefficient (Wildman–Crippen LogP) is 5.92. The van der Waals surface area contributed by atoms with Crippen LogP contribution < -0.4 is 15.4 Å². The monoisotopic (exact) mass is 514 g/mol. The van der Waals surface area contributed by atoms with Gasteiger partial charge in [0.05, 0.1) is 49.2 Å². The van der Waals surface area contributed by atoms with Crippen molar-refractivity contribution in [2.24, 2.45) is 0 Å². The molecule has 0 bridgehead atoms. The zero-order chi connectivity index (χ0) is 24.2. The SMILES string of the molecule is COc1cccc(Cn2cc(NC(=S)Nc3c(C)nn(Cc4ccc(Cl)cc4Cl)c3C)cn2)c1. The first-order chi connectivity index (χ1) is 16.3. The Labute approximate surface area is 213 Å². The van der Waals surface area contributed by atoms with Crippen molar-refractivity contribution in [3.05, 3.63) is 87.4 Å². The van der Waals surface area contributed by atoms with Crippen LogP contribution in [0.1, 0.15) is 22.5 Å². The van der Waals surface area contributed by atoms with E-state index in [0.717, 1.165) is 39.6 Å². The first-order valence-corrected chi connectivity index (χ1v) is 11.7. The van der Waals surface area contributed by atoms with Crippen molar-refractivity contribution in [1.82, 2.24) is 19.6 Å². The predicted molar refractivity (Wildman–Crippen MR) is 141 cm³/mol. The van der Waals surface area contributed by atoms with E-state index >= 15 is 0 Å². The molecule has 10 heteroatoms. The van der Waals surface area contributed by atoms with Gasteiger partial charge in [-0.25, -0.2) is 0 Å². The van der Waals surface area contributed by atoms with Crippen LogP contribution in [0.2, 0.25) is 10.0 Å². The van der Waals surface area contributed by atoms with E-state index in [1.807, 2.05) is 65.8 Å². The smallest absolute Gasteiger partial charge is 0.175 e. The van der Waals surface area contributed by atoms with Crippen LogP contribution in [-0.2, 0) is 13.1 Å². The lowest BCUT2D eigenvalue weighted by Gasteiger charge is -2.10. The summed E-state index contributed by atoms with van der Waals surface area (Å²) in [4.78, 5) is 0. The Hall–Kier alpha value is -3.07. The summed E-state index contributed by atoms with van der Waals surface area (Å²) in [5.41, 5.74) is 5.45. The Bertz CT molecular complexity index is 1330. The molecule has 2 N–H and O–H groups in total. The van der Waals surface area contributed by atoms with Crippen LogP contribution in [0.4, 0.5) is 11.4 Å². The Morgan fingerprint density at radius 3 is 2.68 bits per heavy atom. The normalized spacial score (nSPS) is 10.9. The molecule has 0 saturated heterocycles. The maximum Gasteiger partial charge on any atom is 0.175 e. The van der Waals surface area contributed by atoms with E-state index in [1.165, 1.54) is 0 Å². The van der Waals surface area contributed by atoms with Crippen LogP contribution in [0, 0.1) is 13.8 Å². The van der Waals surface area contributed by atoms with E-state index in [0.29, 0.717) is 28.2 Å². The maximum absolute atomic E-state index is 6.33. The average Bonchev–Trinajstić information content (AvgIpc) is 3.34. The number of rotatable bonds is 7. The van der Waals surface area contributed by atoms with Gasteiger partial charge < -0.3 is 15.4 Å². The zero-order valence-electron chi connectivity index (χ0n) is 19.0. The number of nitrogens with one attached hydrogen (secondary N) is 2. The van der Waals surface area contributed by atoms with Crippen LogP contribution >= 0.6 is 35.4 Å². The summed E-state index contributed by atoms with van der Waals surface area (Å²) in [6, 6.07) is 13.4. The molecule has 2 aromatic heterocycles. The van der Waals surface area contributed by atoms with E-state index < -0.39 is 0 Å². The summed E-state index contributed by atoms with van der Waals surface area (Å²) >= 11 is 17.9. The van der Waals surface area contributed by atoms with Crippen molar-refractivity contribution in [3.63, 3.8) is 0 Å². The quantitative estimate of drug-likeness (QED) is 0.298. The van der Waals surface area contributed by atoms with E-state index in [-0.39, 0.29) is 0 Å². The largest absolute Gasteiger partial charge is 0.497 e. The fourth-order valence-electron chi connectivity index (χ4n) is 3.59. The lowest BCUT2D eigenvalue weighted by Crippen LogP contribution is -2.19. The van der Waals surface area contributed by atoms with Crippen LogP contribution in [0.15, 0.2) is 54.9 Å². The highest BCUT2D eigenvalue weighted by atomic mass is 35.5. The van der Waals surface area contributed by atoms with Gasteiger partial charge in [-0.1, -0.05) is 41.4 Å². The zero-order valence-corrected chi connectivity index (χ0v) is 21.3. The minimum atomic E-state index is 0.455. The summed E-state index contributed by atoms with van der Waals surface area (Å²) in [6.45, 7) is 5.07. The summed E-state index contributed by atoms with van der Waals surface area (Å²) in [5, 5.41) is 17.2. The average molecular weight is 515 g/mol. The molecule has 0 aliphatic carbocycles. The third-order valence-corrected chi connectivity index (χ3v) is 6.12. The van der Waals surface area contributed by atoms with Gasteiger partial charge in [-0.15, -0.1) is 0 Å². The van der Waals surface area contributed by atoms with Gasteiger partial charge in [-0.05, 0) is 61.5 Å². The number of nitrogens with zero attached hydrogens (tertiary/aromatic N) is 4. The molecular weight excluding hydrogens is 491 g/mol. The second-order valence-corrected chi connectivity index (χ2v) is 9.05. The number of aromatic nitrogens is 4. The molecule has 34 heavy (non-hydrogen) atoms. The van der Waals surface area contributed by atoms with Gasteiger partial charge in [-0.3, -0.25) is 9.36 Å². The molecule has 2 aromatic carbocycles. The van der Waals surface area contributed by atoms with Gasteiger partial charge in [0.25, 0.3) is 0 Å². The molecule has 0 aliphatic rings. The van der Waals surface area contributed by atoms with Crippen LogP contribution in [0.3, 0.4) is 0 Å². The molecule has 0 fully saturated rings. The third-order valence-electron chi connectivity index (χ3n) is 5.33. The first-order valence-electron chi connectivity index (χ1n) is 10.5. The number of hydrogen-bond acceptors (Lipinski definition) is 4. The minimum absolute atomic E-state index is 0.455. The number of halogens is 2. The molecule has 0 aliphatic heterocycles. The Morgan fingerprint density at radius 1 is 1.09 bits per heavy atom. The van der Waals surface area contributed by atoms with Crippen LogP contribution in [-0.4, -0.2) is 31.8 Å². The van der Waals surface area contributed by atoms with Gasteiger partial charge in [0.1, 0.15) is 5.75 Å². The fourth-order valence-corrected chi connectivity index (χ4v) is 4.28. The highest BCUT2D eigenvalue weighted by Gasteiger charge is 2.14. The lowest BCUT2D eigenvalue weighted by atomic mass is 10.2. The van der Waals surface area contributed by atoms with E-state index in [9.17, 15) is 0 Å². The van der Waals surface area contributed by atoms with Crippen molar-refractivity contribution in [2.75, 3.05) is 17.7 Å². The first kappa shape index (κ1) is 24.1. The van der Waals surface area contributed by atoms with Gasteiger partial charge in [0.15, 0.2) is 5.11 Å². The van der Waals surface area contributed by atoms with Crippen LogP contribution in [0.25, 0.3) is 0 Å². The molecular formula is C24H24Cl2N6OS. The number of hydrogen-bond donors (Lipinski definition) is 2. The van der Waals surface area contributed by atoms with Crippen molar-refractivity contribution < 1.29 is 4.74 Å². The van der Waals surface area contributed by atoms with Crippen molar-refractivity contribution in [3.8, 4) is 5.75 Å². The van der Waals surface area contributed by atoms with E-state index in [2.05, 4.69) is 20.8 Å². The second kappa shape index (κ2) is 10.5. The molecule has 0 saturated carbocycles. The molecule has 0 spiro atoms. The molecule has 176 valence electrons. The number of anilines is 2. The second-order valence-electron chi connectivity index (χ2n) is 7.80. The van der Waals surface area contributed by atoms with Crippen molar-refractivity contribution >= 4 is 51.9 Å². The van der Waals surface area contributed by atoms with E-state index in [4.69, 9.17) is 40.2 Å². The maximum atomic E-state index is 6.33. The van der Waals surface area contributed by atoms with Gasteiger partial charge in [-0.2, -0.15) is 10.2 Å². The standard InChI is InChI=1S/C24H24Cl2N6OS/c1-15-23(16(2)32(30-15)13-18-7-8-19(25)10-22(18)26)29-24(34)28-20-11-27-31(14-20)12-17-5-4-6-21(9-17)33-3/h4-11,14H,12-13H2,1-3H3,(H2,28,29,34). The molecule has 0 atom stereocenters. The third kappa shape index (κ3) is 5.70. The molecule has 4 aromatic rings. The highest BCUT2D eigenvalue weighted by molar-refractivity contribution is 7.80. The highest BCUT2D eigenvalue weighted by Crippen LogP contribution is 2.25. The Morgan fingerprint density at radius 2 is 1.91 bits per heavy atom. The summed E-state index contributed by atoms with van der Waals surface area (Å²) < 4.78 is 9.01. The summed E-state index contributed by atoms with van der Waals surface area (Å²) in [5.74, 6) is 0.818. The minimum Gasteiger partial charge on any atom is -0.497 e. The Balaban J connectivity index is 1.40. The van der Waals surface area contributed by atoms with Crippen LogP contribution in [0.5, 0.6) is 5.75 Å². The molecule has 0 amide bonds. The Kier molecular flexibility index (Phi) is 7.41. The topological polar surface area (TPSA) is 68.9 Å². The number of ether oxygens (including phenoxy) is 1. The van der Waals surface area contributed by atoms with Gasteiger partial charge in [0.2, 0.25) is 0 Å². The number of aryl methyl sites for hydroxylation is 1. The van der Waals surface area contributed by atoms with Crippen molar-refractivity contribution in [2.45, 2.75) is 26.9 Å². The van der Waals surface area contributed by atoms with Gasteiger partial charge >= 0.3 is 0 Å². The van der Waals surface area contributed by atoms with Gasteiger partial charge in [0, 0.05) is 16.2 Å². The molecule has 0 unspecified atom stereocenters. The molecule has 7 nitrogen and oxygen atoms in total. The number of benzene rings is 2. The van der Waals surface area contributed by atoms with E-state index in [1.54, 1.807) is 19.4 Å². The number of methoxy groups -OCH3 is 1. The lowest BCUT2D eigenvalue weighted by molar-refractivity contribution is 0.414. The summed E-state index contributed by atoms with van der Waals surface area (Å²) in [7, 11) is 1.66. The molecule has 0 radical (unpaired) electrons. The summed E-state index contributed by atoms with van der Waals surface area (Å²) in [6.07, 6.45) is 3.64.